The van der Waals surface area contributed by atoms with Crippen molar-refractivity contribution in [1.82, 2.24) is 16.0 Å². The lowest BCUT2D eigenvalue weighted by atomic mass is 9.67. The summed E-state index contributed by atoms with van der Waals surface area (Å²) >= 11 is 0. The average Bonchev–Trinajstić information content (AvgIpc) is 2.87. The molecule has 122 valence electrons. The van der Waals surface area contributed by atoms with E-state index in [2.05, 4.69) is 16.0 Å². The summed E-state index contributed by atoms with van der Waals surface area (Å²) in [7, 11) is 0. The van der Waals surface area contributed by atoms with Crippen molar-refractivity contribution < 1.29 is 9.59 Å². The SMILES string of the molecule is CC(C)C(=O)NCCNC(=O)[C@@]12CCCC[C@H]1CNC2.Cl. The molecule has 0 bridgehead atoms. The predicted molar refractivity (Wildman–Crippen MR) is 85.4 cm³/mol. The third-order valence-corrected chi connectivity index (χ3v) is 4.72. The summed E-state index contributed by atoms with van der Waals surface area (Å²) in [5.74, 6) is 0.689. The minimum absolute atomic E-state index is 0. The van der Waals surface area contributed by atoms with Gasteiger partial charge in [0.1, 0.15) is 0 Å². The van der Waals surface area contributed by atoms with Crippen molar-refractivity contribution in [1.29, 1.82) is 0 Å². The summed E-state index contributed by atoms with van der Waals surface area (Å²) in [6, 6.07) is 0. The molecule has 2 amide bonds. The number of carbonyl (C=O) groups excluding carboxylic acids is 2. The molecule has 0 unspecified atom stereocenters. The molecule has 2 atom stereocenters. The highest BCUT2D eigenvalue weighted by Gasteiger charge is 2.49. The Morgan fingerprint density at radius 3 is 2.67 bits per heavy atom. The normalized spacial score (nSPS) is 27.7. The first-order valence-corrected chi connectivity index (χ1v) is 7.83. The second-order valence-electron chi connectivity index (χ2n) is 6.43. The fraction of sp³-hybridized carbons (Fsp3) is 0.867. The minimum Gasteiger partial charge on any atom is -0.354 e. The van der Waals surface area contributed by atoms with Crippen LogP contribution in [0.15, 0.2) is 0 Å². The monoisotopic (exact) mass is 317 g/mol. The Labute approximate surface area is 133 Å². The van der Waals surface area contributed by atoms with E-state index >= 15 is 0 Å². The number of rotatable bonds is 5. The zero-order valence-corrected chi connectivity index (χ0v) is 13.9. The van der Waals surface area contributed by atoms with Gasteiger partial charge in [-0.1, -0.05) is 26.7 Å². The molecule has 0 radical (unpaired) electrons. The summed E-state index contributed by atoms with van der Waals surface area (Å²) in [5, 5.41) is 9.22. The summed E-state index contributed by atoms with van der Waals surface area (Å²) in [6.45, 7) is 6.54. The highest BCUT2D eigenvalue weighted by Crippen LogP contribution is 2.43. The number of halogens is 1. The second-order valence-corrected chi connectivity index (χ2v) is 6.43. The Morgan fingerprint density at radius 2 is 1.95 bits per heavy atom. The van der Waals surface area contributed by atoms with Gasteiger partial charge in [0.15, 0.2) is 0 Å². The lowest BCUT2D eigenvalue weighted by molar-refractivity contribution is -0.134. The van der Waals surface area contributed by atoms with E-state index in [-0.39, 0.29) is 35.6 Å². The van der Waals surface area contributed by atoms with Crippen LogP contribution in [0.5, 0.6) is 0 Å². The van der Waals surface area contributed by atoms with Crippen molar-refractivity contribution >= 4 is 24.2 Å². The van der Waals surface area contributed by atoms with Gasteiger partial charge < -0.3 is 16.0 Å². The predicted octanol–water partition coefficient (Wildman–Crippen LogP) is 1.08. The third-order valence-electron chi connectivity index (χ3n) is 4.72. The van der Waals surface area contributed by atoms with Crippen molar-refractivity contribution in [2.24, 2.45) is 17.3 Å². The van der Waals surface area contributed by atoms with Gasteiger partial charge in [0.2, 0.25) is 11.8 Å². The standard InChI is InChI=1S/C15H27N3O2.ClH/c1-11(2)13(19)17-7-8-18-14(20)15-6-4-3-5-12(15)9-16-10-15;/h11-12,16H,3-10H2,1-2H3,(H,17,19)(H,18,20);1H/t12-,15+;/m0./s1. The molecular formula is C15H28ClN3O2. The van der Waals surface area contributed by atoms with Crippen molar-refractivity contribution in [2.45, 2.75) is 39.5 Å². The molecule has 0 aromatic heterocycles. The van der Waals surface area contributed by atoms with Crippen LogP contribution in [0.4, 0.5) is 0 Å². The van der Waals surface area contributed by atoms with Gasteiger partial charge in [-0.2, -0.15) is 0 Å². The molecule has 0 aromatic rings. The van der Waals surface area contributed by atoms with Gasteiger partial charge in [0.25, 0.3) is 0 Å². The number of nitrogens with one attached hydrogen (secondary N) is 3. The van der Waals surface area contributed by atoms with Gasteiger partial charge in [-0.25, -0.2) is 0 Å². The van der Waals surface area contributed by atoms with E-state index in [1.807, 2.05) is 13.8 Å². The van der Waals surface area contributed by atoms with Crippen LogP contribution in [-0.2, 0) is 9.59 Å². The molecule has 6 heteroatoms. The number of amides is 2. The topological polar surface area (TPSA) is 70.2 Å². The fourth-order valence-electron chi connectivity index (χ4n) is 3.43. The lowest BCUT2D eigenvalue weighted by Gasteiger charge is -2.37. The van der Waals surface area contributed by atoms with E-state index in [0.717, 1.165) is 32.4 Å². The Morgan fingerprint density at radius 1 is 1.24 bits per heavy atom. The Balaban J connectivity index is 0.00000220. The molecule has 1 aliphatic carbocycles. The van der Waals surface area contributed by atoms with Crippen LogP contribution in [0.3, 0.4) is 0 Å². The average molecular weight is 318 g/mol. The zero-order valence-electron chi connectivity index (χ0n) is 13.0. The van der Waals surface area contributed by atoms with Crippen molar-refractivity contribution in [3.8, 4) is 0 Å². The first kappa shape index (κ1) is 18.2. The van der Waals surface area contributed by atoms with Crippen LogP contribution < -0.4 is 16.0 Å². The molecule has 0 aromatic carbocycles. The first-order chi connectivity index (χ1) is 9.56. The number of fused-ring (bicyclic) bond motifs is 1. The van der Waals surface area contributed by atoms with E-state index in [9.17, 15) is 9.59 Å². The quantitative estimate of drug-likeness (QED) is 0.664. The largest absolute Gasteiger partial charge is 0.354 e. The summed E-state index contributed by atoms with van der Waals surface area (Å²) in [4.78, 5) is 24.0. The van der Waals surface area contributed by atoms with E-state index in [1.165, 1.54) is 6.42 Å². The van der Waals surface area contributed by atoms with Crippen LogP contribution in [0, 0.1) is 17.3 Å². The Bertz CT molecular complexity index is 376. The van der Waals surface area contributed by atoms with E-state index in [1.54, 1.807) is 0 Å². The van der Waals surface area contributed by atoms with Crippen LogP contribution in [0.1, 0.15) is 39.5 Å². The molecule has 1 aliphatic heterocycles. The molecule has 0 spiro atoms. The highest BCUT2D eigenvalue weighted by molar-refractivity contribution is 5.85. The van der Waals surface area contributed by atoms with E-state index in [0.29, 0.717) is 19.0 Å². The van der Waals surface area contributed by atoms with E-state index in [4.69, 9.17) is 0 Å². The van der Waals surface area contributed by atoms with Crippen LogP contribution in [0.2, 0.25) is 0 Å². The minimum atomic E-state index is -0.194. The molecule has 2 aliphatic rings. The molecule has 1 heterocycles. The highest BCUT2D eigenvalue weighted by atomic mass is 35.5. The van der Waals surface area contributed by atoms with Crippen LogP contribution in [0.25, 0.3) is 0 Å². The molecular weight excluding hydrogens is 290 g/mol. The van der Waals surface area contributed by atoms with Crippen molar-refractivity contribution in [2.75, 3.05) is 26.2 Å². The maximum Gasteiger partial charge on any atom is 0.227 e. The smallest absolute Gasteiger partial charge is 0.227 e. The number of carbonyl (C=O) groups is 2. The lowest BCUT2D eigenvalue weighted by Crippen LogP contribution is -2.49. The van der Waals surface area contributed by atoms with Crippen molar-refractivity contribution in [3.63, 3.8) is 0 Å². The first-order valence-electron chi connectivity index (χ1n) is 7.83. The molecule has 2 fully saturated rings. The number of hydrogen-bond donors (Lipinski definition) is 3. The van der Waals surface area contributed by atoms with Gasteiger partial charge in [-0.3, -0.25) is 9.59 Å². The maximum atomic E-state index is 12.5. The molecule has 5 nitrogen and oxygen atoms in total. The summed E-state index contributed by atoms with van der Waals surface area (Å²) < 4.78 is 0. The molecule has 1 saturated carbocycles. The summed E-state index contributed by atoms with van der Waals surface area (Å²) in [5.41, 5.74) is -0.194. The third kappa shape index (κ3) is 4.10. The fourth-order valence-corrected chi connectivity index (χ4v) is 3.43. The van der Waals surface area contributed by atoms with Crippen molar-refractivity contribution in [3.05, 3.63) is 0 Å². The Hall–Kier alpha value is -0.810. The van der Waals surface area contributed by atoms with Gasteiger partial charge in [0.05, 0.1) is 5.41 Å². The van der Waals surface area contributed by atoms with Crippen LogP contribution in [-0.4, -0.2) is 38.0 Å². The van der Waals surface area contributed by atoms with Crippen LogP contribution >= 0.6 is 12.4 Å². The Kier molecular flexibility index (Phi) is 6.94. The second kappa shape index (κ2) is 7.99. The van der Waals surface area contributed by atoms with Gasteiger partial charge in [0, 0.05) is 25.6 Å². The van der Waals surface area contributed by atoms with Gasteiger partial charge in [-0.05, 0) is 25.3 Å². The zero-order chi connectivity index (χ0) is 14.6. The molecule has 21 heavy (non-hydrogen) atoms. The van der Waals surface area contributed by atoms with Gasteiger partial charge >= 0.3 is 0 Å². The van der Waals surface area contributed by atoms with Gasteiger partial charge in [-0.15, -0.1) is 12.4 Å². The molecule has 3 N–H and O–H groups in total. The maximum absolute atomic E-state index is 12.5. The summed E-state index contributed by atoms with van der Waals surface area (Å²) in [6.07, 6.45) is 4.54. The number of hydrogen-bond acceptors (Lipinski definition) is 3. The molecule has 2 rings (SSSR count). The van der Waals surface area contributed by atoms with E-state index < -0.39 is 0 Å². The molecule has 1 saturated heterocycles.